The number of hydrogen-bond acceptors (Lipinski definition) is 1. The van der Waals surface area contributed by atoms with Gasteiger partial charge in [-0.05, 0) is 67.7 Å². The lowest BCUT2D eigenvalue weighted by Gasteiger charge is -2.31. The Hall–Kier alpha value is -1.83. The van der Waals surface area contributed by atoms with Crippen molar-refractivity contribution in [3.8, 4) is 0 Å². The van der Waals surface area contributed by atoms with Gasteiger partial charge in [-0.3, -0.25) is 0 Å². The molecule has 0 aromatic heterocycles. The standard InChI is InChI=1S/C25H36FN/c1-9-21(11-10-18(5)16(2)3)22-14-20(7)25(15-23(22)26)27(8)24-13-17(4)12-19(24)6/h9-11,14-17,19,24H,5,12-13H2,1-4,6-8H3/b11-10-,21-9+. The number of hydrogen-bond donors (Lipinski definition) is 0. The van der Waals surface area contributed by atoms with Crippen molar-refractivity contribution in [1.29, 1.82) is 0 Å². The monoisotopic (exact) mass is 369 g/mol. The van der Waals surface area contributed by atoms with Crippen molar-refractivity contribution in [3.05, 3.63) is 59.5 Å². The molecule has 3 unspecified atom stereocenters. The molecule has 1 aromatic rings. The van der Waals surface area contributed by atoms with Crippen LogP contribution in [0.25, 0.3) is 5.57 Å². The maximum Gasteiger partial charge on any atom is 0.133 e. The second-order valence-electron chi connectivity index (χ2n) is 8.66. The molecule has 0 amide bonds. The molecule has 2 rings (SSSR count). The summed E-state index contributed by atoms with van der Waals surface area (Å²) in [4.78, 5) is 2.29. The van der Waals surface area contributed by atoms with Gasteiger partial charge in [0, 0.05) is 24.3 Å². The summed E-state index contributed by atoms with van der Waals surface area (Å²) in [7, 11) is 2.11. The van der Waals surface area contributed by atoms with Gasteiger partial charge >= 0.3 is 0 Å². The lowest BCUT2D eigenvalue weighted by atomic mass is 9.97. The first-order valence-corrected chi connectivity index (χ1v) is 10.2. The highest BCUT2D eigenvalue weighted by Gasteiger charge is 2.32. The fraction of sp³-hybridized carbons (Fsp3) is 0.520. The van der Waals surface area contributed by atoms with Gasteiger partial charge in [-0.2, -0.15) is 0 Å². The molecule has 0 heterocycles. The number of rotatable bonds is 6. The van der Waals surface area contributed by atoms with Crippen LogP contribution in [0.15, 0.2) is 42.5 Å². The topological polar surface area (TPSA) is 3.24 Å². The van der Waals surface area contributed by atoms with Crippen LogP contribution in [0.4, 0.5) is 10.1 Å². The van der Waals surface area contributed by atoms with Crippen LogP contribution in [0.3, 0.4) is 0 Å². The summed E-state index contributed by atoms with van der Waals surface area (Å²) in [6, 6.07) is 4.19. The first kappa shape index (κ1) is 21.5. The third-order valence-corrected chi connectivity index (χ3v) is 6.08. The number of anilines is 1. The van der Waals surface area contributed by atoms with Gasteiger partial charge in [-0.15, -0.1) is 0 Å². The maximum absolute atomic E-state index is 15.0. The Balaban J connectivity index is 2.32. The average Bonchev–Trinajstić information content (AvgIpc) is 2.95. The smallest absolute Gasteiger partial charge is 0.133 e. The molecule has 1 aromatic carbocycles. The molecule has 148 valence electrons. The SMILES string of the molecule is C=C(/C=C\C(=C/C)c1cc(C)c(N(C)C2CC(C)CC2C)cc1F)C(C)C. The predicted octanol–water partition coefficient (Wildman–Crippen LogP) is 7.18. The highest BCUT2D eigenvalue weighted by Crippen LogP contribution is 2.37. The third-order valence-electron chi connectivity index (χ3n) is 6.08. The molecule has 0 aliphatic heterocycles. The lowest BCUT2D eigenvalue weighted by Crippen LogP contribution is -2.34. The first-order valence-electron chi connectivity index (χ1n) is 10.2. The Kier molecular flexibility index (Phi) is 7.08. The second kappa shape index (κ2) is 8.91. The van der Waals surface area contributed by atoms with Gasteiger partial charge in [0.25, 0.3) is 0 Å². The summed E-state index contributed by atoms with van der Waals surface area (Å²) in [5, 5.41) is 0. The number of allylic oxidation sites excluding steroid dienone is 5. The Labute approximate surface area is 165 Å². The van der Waals surface area contributed by atoms with Crippen molar-refractivity contribution in [3.63, 3.8) is 0 Å². The molecule has 1 nitrogen and oxygen atoms in total. The lowest BCUT2D eigenvalue weighted by molar-refractivity contribution is 0.502. The van der Waals surface area contributed by atoms with E-state index in [4.69, 9.17) is 0 Å². The van der Waals surface area contributed by atoms with Crippen LogP contribution in [0, 0.1) is 30.5 Å². The number of nitrogens with zero attached hydrogens (tertiary/aromatic N) is 1. The van der Waals surface area contributed by atoms with Crippen LogP contribution in [0.1, 0.15) is 58.6 Å². The highest BCUT2D eigenvalue weighted by atomic mass is 19.1. The number of aryl methyl sites for hydroxylation is 1. The van der Waals surface area contributed by atoms with Crippen LogP contribution in [-0.2, 0) is 0 Å². The van der Waals surface area contributed by atoms with Crippen molar-refractivity contribution in [2.24, 2.45) is 17.8 Å². The molecule has 0 saturated heterocycles. The van der Waals surface area contributed by atoms with Crippen LogP contribution < -0.4 is 4.90 Å². The van der Waals surface area contributed by atoms with Crippen LogP contribution >= 0.6 is 0 Å². The summed E-state index contributed by atoms with van der Waals surface area (Å²) >= 11 is 0. The zero-order valence-electron chi connectivity index (χ0n) is 18.1. The average molecular weight is 370 g/mol. The minimum absolute atomic E-state index is 0.158. The molecular formula is C25H36FN. The molecule has 0 N–H and O–H groups in total. The molecule has 27 heavy (non-hydrogen) atoms. The summed E-state index contributed by atoms with van der Waals surface area (Å²) in [6.45, 7) is 17.0. The van der Waals surface area contributed by atoms with Gasteiger partial charge in [0.05, 0.1) is 0 Å². The van der Waals surface area contributed by atoms with E-state index < -0.39 is 0 Å². The van der Waals surface area contributed by atoms with Crippen LogP contribution in [-0.4, -0.2) is 13.1 Å². The van der Waals surface area contributed by atoms with E-state index in [0.29, 0.717) is 23.4 Å². The van der Waals surface area contributed by atoms with Gasteiger partial charge in [0.15, 0.2) is 0 Å². The highest BCUT2D eigenvalue weighted by molar-refractivity contribution is 5.77. The molecule has 1 aliphatic carbocycles. The molecule has 1 saturated carbocycles. The predicted molar refractivity (Wildman–Crippen MR) is 118 cm³/mol. The van der Waals surface area contributed by atoms with Crippen LogP contribution in [0.5, 0.6) is 0 Å². The third kappa shape index (κ3) is 4.91. The number of benzene rings is 1. The van der Waals surface area contributed by atoms with Crippen molar-refractivity contribution < 1.29 is 4.39 Å². The largest absolute Gasteiger partial charge is 0.371 e. The van der Waals surface area contributed by atoms with E-state index >= 15 is 4.39 Å². The Morgan fingerprint density at radius 2 is 1.89 bits per heavy atom. The van der Waals surface area contributed by atoms with E-state index in [9.17, 15) is 0 Å². The van der Waals surface area contributed by atoms with E-state index in [1.54, 1.807) is 6.07 Å². The zero-order chi connectivity index (χ0) is 20.3. The van der Waals surface area contributed by atoms with Crippen molar-refractivity contribution >= 4 is 11.3 Å². The molecule has 0 bridgehead atoms. The molecule has 0 spiro atoms. The van der Waals surface area contributed by atoms with Crippen molar-refractivity contribution in [1.82, 2.24) is 0 Å². The van der Waals surface area contributed by atoms with Gasteiger partial charge in [-0.25, -0.2) is 4.39 Å². The van der Waals surface area contributed by atoms with Gasteiger partial charge in [0.1, 0.15) is 5.82 Å². The number of halogens is 1. The minimum Gasteiger partial charge on any atom is -0.371 e. The maximum atomic E-state index is 15.0. The molecule has 3 atom stereocenters. The van der Waals surface area contributed by atoms with Gasteiger partial charge in [0.2, 0.25) is 0 Å². The normalized spacial score (nSPS) is 23.4. The summed E-state index contributed by atoms with van der Waals surface area (Å²) < 4.78 is 15.0. The van der Waals surface area contributed by atoms with Gasteiger partial charge < -0.3 is 4.90 Å². The summed E-state index contributed by atoms with van der Waals surface area (Å²) in [5.41, 5.74) is 4.73. The first-order chi connectivity index (χ1) is 12.6. The van der Waals surface area contributed by atoms with E-state index in [1.807, 2.05) is 31.2 Å². The second-order valence-corrected chi connectivity index (χ2v) is 8.66. The van der Waals surface area contributed by atoms with E-state index in [1.165, 1.54) is 12.8 Å². The molecule has 1 fully saturated rings. The minimum atomic E-state index is -0.158. The fourth-order valence-electron chi connectivity index (χ4n) is 4.25. The Bertz CT molecular complexity index is 741. The van der Waals surface area contributed by atoms with E-state index in [-0.39, 0.29) is 5.82 Å². The Morgan fingerprint density at radius 3 is 2.41 bits per heavy atom. The summed E-state index contributed by atoms with van der Waals surface area (Å²) in [5.74, 6) is 1.61. The quantitative estimate of drug-likeness (QED) is 0.480. The van der Waals surface area contributed by atoms with Gasteiger partial charge in [-0.1, -0.05) is 58.1 Å². The Morgan fingerprint density at radius 1 is 1.22 bits per heavy atom. The van der Waals surface area contributed by atoms with Crippen molar-refractivity contribution in [2.45, 2.75) is 60.4 Å². The fourth-order valence-corrected chi connectivity index (χ4v) is 4.25. The van der Waals surface area contributed by atoms with Crippen molar-refractivity contribution in [2.75, 3.05) is 11.9 Å². The molecule has 1 aliphatic rings. The van der Waals surface area contributed by atoms with Crippen LogP contribution in [0.2, 0.25) is 0 Å². The summed E-state index contributed by atoms with van der Waals surface area (Å²) in [6.07, 6.45) is 8.37. The molecular weight excluding hydrogens is 333 g/mol. The van der Waals surface area contributed by atoms with E-state index in [0.717, 1.165) is 28.3 Å². The molecule has 2 heteroatoms. The molecule has 0 radical (unpaired) electrons. The van der Waals surface area contributed by atoms with E-state index in [2.05, 4.69) is 53.1 Å². The zero-order valence-corrected chi connectivity index (χ0v) is 18.1.